The molecule has 6 heteroatoms. The molecule has 1 heterocycles. The average Bonchev–Trinajstić information content (AvgIpc) is 2.86. The first-order valence-corrected chi connectivity index (χ1v) is 8.11. The molecule has 0 amide bonds. The summed E-state index contributed by atoms with van der Waals surface area (Å²) in [5.74, 6) is 0.782. The van der Waals surface area contributed by atoms with Crippen molar-refractivity contribution in [2.24, 2.45) is 5.92 Å². The summed E-state index contributed by atoms with van der Waals surface area (Å²) in [4.78, 5) is 0.221. The second-order valence-electron chi connectivity index (χ2n) is 5.06. The van der Waals surface area contributed by atoms with E-state index >= 15 is 0 Å². The number of nitrogens with zero attached hydrogens (tertiary/aromatic N) is 1. The Labute approximate surface area is 108 Å². The highest BCUT2D eigenvalue weighted by molar-refractivity contribution is 7.89. The van der Waals surface area contributed by atoms with E-state index in [1.807, 2.05) is 0 Å². The molecule has 2 N–H and O–H groups in total. The van der Waals surface area contributed by atoms with Crippen LogP contribution in [0.2, 0.25) is 0 Å². The van der Waals surface area contributed by atoms with Crippen molar-refractivity contribution in [3.63, 3.8) is 0 Å². The maximum atomic E-state index is 12.0. The van der Waals surface area contributed by atoms with Crippen molar-refractivity contribution in [1.29, 1.82) is 0 Å². The summed E-state index contributed by atoms with van der Waals surface area (Å²) in [5.41, 5.74) is 0. The number of nitrogens with one attached hydrogen (secondary N) is 2. The van der Waals surface area contributed by atoms with E-state index in [1.165, 1.54) is 25.2 Å². The molecule has 1 aliphatic carbocycles. The minimum absolute atomic E-state index is 0.0815. The van der Waals surface area contributed by atoms with Crippen molar-refractivity contribution in [2.75, 3.05) is 0 Å². The summed E-state index contributed by atoms with van der Waals surface area (Å²) >= 11 is 0. The van der Waals surface area contributed by atoms with Crippen LogP contribution in [0.1, 0.15) is 45.4 Å². The van der Waals surface area contributed by atoms with Gasteiger partial charge in [0.25, 0.3) is 0 Å². The molecule has 0 radical (unpaired) electrons. The standard InChI is InChI=1S/C12H21N3O2S/c1-2-3-10-4-6-11(7-5-10)15-18(16,17)12-8-13-14-9-12/h8-11,15H,2-7H2,1H3,(H,13,14). The van der Waals surface area contributed by atoms with Crippen LogP contribution in [-0.4, -0.2) is 24.7 Å². The van der Waals surface area contributed by atoms with E-state index in [4.69, 9.17) is 0 Å². The number of sulfonamides is 1. The lowest BCUT2D eigenvalue weighted by Crippen LogP contribution is -2.37. The van der Waals surface area contributed by atoms with E-state index < -0.39 is 10.0 Å². The SMILES string of the molecule is CCCC1CCC(NS(=O)(=O)c2cn[nH]c2)CC1. The van der Waals surface area contributed by atoms with E-state index in [0.717, 1.165) is 31.6 Å². The molecule has 1 fully saturated rings. The van der Waals surface area contributed by atoms with Gasteiger partial charge in [-0.05, 0) is 31.6 Å². The second kappa shape index (κ2) is 5.84. The molecule has 0 aromatic carbocycles. The first kappa shape index (κ1) is 13.5. The van der Waals surface area contributed by atoms with Gasteiger partial charge in [0, 0.05) is 12.2 Å². The monoisotopic (exact) mass is 271 g/mol. The van der Waals surface area contributed by atoms with E-state index in [0.29, 0.717) is 0 Å². The van der Waals surface area contributed by atoms with Crippen LogP contribution in [0, 0.1) is 5.92 Å². The molecule has 18 heavy (non-hydrogen) atoms. The number of hydrogen-bond donors (Lipinski definition) is 2. The molecule has 0 spiro atoms. The fourth-order valence-corrected chi connectivity index (χ4v) is 3.86. The number of hydrogen-bond acceptors (Lipinski definition) is 3. The predicted octanol–water partition coefficient (Wildman–Crippen LogP) is 2.05. The maximum absolute atomic E-state index is 12.0. The molecule has 1 saturated carbocycles. The molecule has 1 aliphatic rings. The number of rotatable bonds is 5. The molecule has 1 aromatic heterocycles. The molecule has 102 valence electrons. The van der Waals surface area contributed by atoms with Gasteiger partial charge in [-0.25, -0.2) is 13.1 Å². The van der Waals surface area contributed by atoms with Crippen LogP contribution in [0.5, 0.6) is 0 Å². The number of aromatic nitrogens is 2. The number of aromatic amines is 1. The first-order chi connectivity index (χ1) is 8.62. The van der Waals surface area contributed by atoms with Crippen LogP contribution in [0.15, 0.2) is 17.3 Å². The van der Waals surface area contributed by atoms with Gasteiger partial charge in [-0.15, -0.1) is 0 Å². The van der Waals surface area contributed by atoms with Gasteiger partial charge in [-0.3, -0.25) is 5.10 Å². The lowest BCUT2D eigenvalue weighted by atomic mass is 9.84. The van der Waals surface area contributed by atoms with Crippen molar-refractivity contribution in [3.8, 4) is 0 Å². The lowest BCUT2D eigenvalue weighted by molar-refractivity contribution is 0.297. The molecule has 5 nitrogen and oxygen atoms in total. The zero-order chi connectivity index (χ0) is 13.0. The van der Waals surface area contributed by atoms with Crippen molar-refractivity contribution in [3.05, 3.63) is 12.4 Å². The fourth-order valence-electron chi connectivity index (χ4n) is 2.65. The zero-order valence-electron chi connectivity index (χ0n) is 10.7. The van der Waals surface area contributed by atoms with Crippen LogP contribution < -0.4 is 4.72 Å². The van der Waals surface area contributed by atoms with Crippen LogP contribution in [-0.2, 0) is 10.0 Å². The Morgan fingerprint density at radius 3 is 2.67 bits per heavy atom. The summed E-state index contributed by atoms with van der Waals surface area (Å²) < 4.78 is 26.8. The Bertz CT molecular complexity index is 448. The molecule has 2 rings (SSSR count). The minimum atomic E-state index is -3.39. The summed E-state index contributed by atoms with van der Waals surface area (Å²) in [5, 5.41) is 6.20. The molecule has 0 unspecified atom stereocenters. The van der Waals surface area contributed by atoms with Gasteiger partial charge in [-0.1, -0.05) is 19.8 Å². The topological polar surface area (TPSA) is 74.8 Å². The van der Waals surface area contributed by atoms with Gasteiger partial charge in [0.15, 0.2) is 0 Å². The van der Waals surface area contributed by atoms with Gasteiger partial charge < -0.3 is 0 Å². The Morgan fingerprint density at radius 2 is 2.11 bits per heavy atom. The van der Waals surface area contributed by atoms with E-state index in [9.17, 15) is 8.42 Å². The van der Waals surface area contributed by atoms with Crippen molar-refractivity contribution in [1.82, 2.24) is 14.9 Å². The third kappa shape index (κ3) is 3.32. The Kier molecular flexibility index (Phi) is 4.40. The Morgan fingerprint density at radius 1 is 1.39 bits per heavy atom. The Hall–Kier alpha value is -0.880. The summed E-state index contributed by atoms with van der Waals surface area (Å²) in [7, 11) is -3.39. The van der Waals surface area contributed by atoms with E-state index in [-0.39, 0.29) is 10.9 Å². The van der Waals surface area contributed by atoms with Crippen LogP contribution in [0.25, 0.3) is 0 Å². The largest absolute Gasteiger partial charge is 0.284 e. The van der Waals surface area contributed by atoms with Crippen LogP contribution in [0.3, 0.4) is 0 Å². The normalized spacial score (nSPS) is 25.2. The smallest absolute Gasteiger partial charge is 0.243 e. The van der Waals surface area contributed by atoms with Gasteiger partial charge in [0.2, 0.25) is 10.0 Å². The number of H-pyrrole nitrogens is 1. The van der Waals surface area contributed by atoms with E-state index in [1.54, 1.807) is 0 Å². The summed E-state index contributed by atoms with van der Waals surface area (Å²) in [6, 6.07) is 0.0815. The highest BCUT2D eigenvalue weighted by Crippen LogP contribution is 2.28. The summed E-state index contributed by atoms with van der Waals surface area (Å²) in [6.45, 7) is 2.20. The molecule has 0 saturated heterocycles. The minimum Gasteiger partial charge on any atom is -0.284 e. The van der Waals surface area contributed by atoms with Gasteiger partial charge in [-0.2, -0.15) is 5.10 Å². The maximum Gasteiger partial charge on any atom is 0.243 e. The van der Waals surface area contributed by atoms with Crippen molar-refractivity contribution in [2.45, 2.75) is 56.4 Å². The fraction of sp³-hybridized carbons (Fsp3) is 0.750. The van der Waals surface area contributed by atoms with Crippen molar-refractivity contribution >= 4 is 10.0 Å². The Balaban J connectivity index is 1.88. The van der Waals surface area contributed by atoms with Crippen LogP contribution >= 0.6 is 0 Å². The van der Waals surface area contributed by atoms with Crippen molar-refractivity contribution < 1.29 is 8.42 Å². The quantitative estimate of drug-likeness (QED) is 0.860. The third-order valence-corrected chi connectivity index (χ3v) is 5.14. The lowest BCUT2D eigenvalue weighted by Gasteiger charge is -2.28. The average molecular weight is 271 g/mol. The molecule has 0 aliphatic heterocycles. The molecule has 0 bridgehead atoms. The molecule has 1 aromatic rings. The highest BCUT2D eigenvalue weighted by Gasteiger charge is 2.25. The zero-order valence-corrected chi connectivity index (χ0v) is 11.5. The molecular formula is C12H21N3O2S. The second-order valence-corrected chi connectivity index (χ2v) is 6.78. The van der Waals surface area contributed by atoms with Crippen LogP contribution in [0.4, 0.5) is 0 Å². The summed E-state index contributed by atoms with van der Waals surface area (Å²) in [6.07, 6.45) is 9.38. The van der Waals surface area contributed by atoms with Gasteiger partial charge in [0.1, 0.15) is 4.90 Å². The predicted molar refractivity (Wildman–Crippen MR) is 69.6 cm³/mol. The molecule has 0 atom stereocenters. The molecular weight excluding hydrogens is 250 g/mol. The highest BCUT2D eigenvalue weighted by atomic mass is 32.2. The first-order valence-electron chi connectivity index (χ1n) is 6.63. The third-order valence-electron chi connectivity index (χ3n) is 3.65. The van der Waals surface area contributed by atoms with E-state index in [2.05, 4.69) is 21.8 Å². The van der Waals surface area contributed by atoms with Gasteiger partial charge >= 0.3 is 0 Å². The van der Waals surface area contributed by atoms with Gasteiger partial charge in [0.05, 0.1) is 6.20 Å².